The molecule has 21 heavy (non-hydrogen) atoms. The minimum atomic E-state index is -0.347. The highest BCUT2D eigenvalue weighted by Crippen LogP contribution is 2.27. The van der Waals surface area contributed by atoms with Gasteiger partial charge in [-0.2, -0.15) is 0 Å². The molecule has 1 atom stereocenters. The van der Waals surface area contributed by atoms with E-state index in [-0.39, 0.29) is 16.8 Å². The first-order chi connectivity index (χ1) is 10.1. The molecule has 0 heterocycles. The maximum absolute atomic E-state index is 13.6. The first kappa shape index (κ1) is 16.0. The molecule has 0 aliphatic heterocycles. The van der Waals surface area contributed by atoms with E-state index in [1.807, 2.05) is 6.07 Å². The Balaban J connectivity index is 2.23. The summed E-state index contributed by atoms with van der Waals surface area (Å²) in [6, 6.07) is 13.5. The molecule has 2 aromatic carbocycles. The number of hydrogen-bond donors (Lipinski definition) is 1. The number of benzene rings is 2. The molecule has 0 bridgehead atoms. The van der Waals surface area contributed by atoms with E-state index < -0.39 is 0 Å². The summed E-state index contributed by atoms with van der Waals surface area (Å²) in [4.78, 5) is 0. The highest BCUT2D eigenvalue weighted by atomic mass is 35.5. The molecule has 0 amide bonds. The van der Waals surface area contributed by atoms with Crippen molar-refractivity contribution in [3.8, 4) is 0 Å². The van der Waals surface area contributed by atoms with Crippen LogP contribution in [0, 0.1) is 12.7 Å². The Kier molecular flexibility index (Phi) is 5.77. The fourth-order valence-electron chi connectivity index (χ4n) is 2.44. The van der Waals surface area contributed by atoms with Crippen molar-refractivity contribution in [3.63, 3.8) is 0 Å². The van der Waals surface area contributed by atoms with Crippen molar-refractivity contribution in [3.05, 3.63) is 70.0 Å². The third kappa shape index (κ3) is 4.29. The Labute approximate surface area is 131 Å². The van der Waals surface area contributed by atoms with Crippen LogP contribution in [0.25, 0.3) is 0 Å². The van der Waals surface area contributed by atoms with Gasteiger partial charge in [0.1, 0.15) is 5.82 Å². The molecule has 1 unspecified atom stereocenters. The van der Waals surface area contributed by atoms with E-state index in [1.165, 1.54) is 17.2 Å². The third-order valence-corrected chi connectivity index (χ3v) is 4.11. The zero-order valence-electron chi connectivity index (χ0n) is 12.5. The van der Waals surface area contributed by atoms with Crippen molar-refractivity contribution >= 4 is 11.6 Å². The SMILES string of the molecule is CCNCC(Cc1cccc(F)c1Cl)c1ccc(C)cc1. The minimum Gasteiger partial charge on any atom is -0.316 e. The molecular formula is C18H21ClFN. The number of aryl methyl sites for hydroxylation is 1. The fraction of sp³-hybridized carbons (Fsp3) is 0.333. The van der Waals surface area contributed by atoms with Gasteiger partial charge < -0.3 is 5.32 Å². The minimum absolute atomic E-state index is 0.242. The Morgan fingerprint density at radius 2 is 1.86 bits per heavy atom. The monoisotopic (exact) mass is 305 g/mol. The molecule has 0 aliphatic rings. The lowest BCUT2D eigenvalue weighted by Gasteiger charge is -2.19. The first-order valence-corrected chi connectivity index (χ1v) is 7.69. The topological polar surface area (TPSA) is 12.0 Å². The summed E-state index contributed by atoms with van der Waals surface area (Å²) in [7, 11) is 0. The zero-order valence-corrected chi connectivity index (χ0v) is 13.3. The van der Waals surface area contributed by atoms with E-state index in [2.05, 4.69) is 43.4 Å². The number of nitrogens with one attached hydrogen (secondary N) is 1. The lowest BCUT2D eigenvalue weighted by atomic mass is 9.91. The molecule has 0 aromatic heterocycles. The van der Waals surface area contributed by atoms with Gasteiger partial charge in [0.2, 0.25) is 0 Å². The predicted molar refractivity (Wildman–Crippen MR) is 87.6 cm³/mol. The van der Waals surface area contributed by atoms with Crippen molar-refractivity contribution < 1.29 is 4.39 Å². The standard InChI is InChI=1S/C18H21ClFN/c1-3-21-12-16(14-9-7-13(2)8-10-14)11-15-5-4-6-17(20)18(15)19/h4-10,16,21H,3,11-12H2,1-2H3. The van der Waals surface area contributed by atoms with Crippen LogP contribution in [-0.4, -0.2) is 13.1 Å². The molecule has 1 N–H and O–H groups in total. The van der Waals surface area contributed by atoms with Crippen LogP contribution in [0.1, 0.15) is 29.5 Å². The van der Waals surface area contributed by atoms with Crippen LogP contribution >= 0.6 is 11.6 Å². The van der Waals surface area contributed by atoms with Crippen LogP contribution < -0.4 is 5.32 Å². The van der Waals surface area contributed by atoms with E-state index in [1.54, 1.807) is 6.07 Å². The molecule has 0 radical (unpaired) electrons. The Morgan fingerprint density at radius 3 is 2.52 bits per heavy atom. The van der Waals surface area contributed by atoms with Gasteiger partial charge in [-0.05, 0) is 37.1 Å². The first-order valence-electron chi connectivity index (χ1n) is 7.32. The average molecular weight is 306 g/mol. The summed E-state index contributed by atoms with van der Waals surface area (Å²) in [5, 5.41) is 3.62. The van der Waals surface area contributed by atoms with Crippen LogP contribution in [0.5, 0.6) is 0 Å². The summed E-state index contributed by atoms with van der Waals surface area (Å²) in [5.41, 5.74) is 3.35. The van der Waals surface area contributed by atoms with E-state index in [0.29, 0.717) is 0 Å². The number of halogens is 2. The van der Waals surface area contributed by atoms with Gasteiger partial charge in [0.15, 0.2) is 0 Å². The van der Waals surface area contributed by atoms with Crippen molar-refractivity contribution in [1.82, 2.24) is 5.32 Å². The quantitative estimate of drug-likeness (QED) is 0.814. The molecule has 0 spiro atoms. The maximum atomic E-state index is 13.6. The van der Waals surface area contributed by atoms with E-state index >= 15 is 0 Å². The molecule has 0 aliphatic carbocycles. The van der Waals surface area contributed by atoms with Crippen LogP contribution in [0.15, 0.2) is 42.5 Å². The summed E-state index contributed by atoms with van der Waals surface area (Å²) >= 11 is 6.09. The molecular weight excluding hydrogens is 285 g/mol. The molecule has 2 aromatic rings. The smallest absolute Gasteiger partial charge is 0.142 e. The maximum Gasteiger partial charge on any atom is 0.142 e. The Morgan fingerprint density at radius 1 is 1.14 bits per heavy atom. The van der Waals surface area contributed by atoms with Crippen molar-refractivity contribution in [2.45, 2.75) is 26.2 Å². The van der Waals surface area contributed by atoms with Crippen LogP contribution in [0.3, 0.4) is 0 Å². The van der Waals surface area contributed by atoms with Crippen molar-refractivity contribution in [2.75, 3.05) is 13.1 Å². The average Bonchev–Trinajstić information content (AvgIpc) is 2.49. The summed E-state index contributed by atoms with van der Waals surface area (Å²) in [6.45, 7) is 5.93. The predicted octanol–water partition coefficient (Wildman–Crippen LogP) is 4.72. The Bertz CT molecular complexity index is 580. The second-order valence-corrected chi connectivity index (χ2v) is 5.71. The molecule has 112 valence electrons. The van der Waals surface area contributed by atoms with Gasteiger partial charge in [-0.3, -0.25) is 0 Å². The van der Waals surface area contributed by atoms with Crippen LogP contribution in [-0.2, 0) is 6.42 Å². The number of hydrogen-bond acceptors (Lipinski definition) is 1. The summed E-state index contributed by atoms with van der Waals surface area (Å²) < 4.78 is 13.6. The molecule has 0 fully saturated rings. The zero-order chi connectivity index (χ0) is 15.2. The molecule has 1 nitrogen and oxygen atoms in total. The van der Waals surface area contributed by atoms with Gasteiger partial charge in [-0.25, -0.2) is 4.39 Å². The number of rotatable bonds is 6. The summed E-state index contributed by atoms with van der Waals surface area (Å²) in [5.74, 6) is -0.0647. The van der Waals surface area contributed by atoms with E-state index in [4.69, 9.17) is 11.6 Å². The van der Waals surface area contributed by atoms with Gasteiger partial charge in [0.05, 0.1) is 5.02 Å². The lowest BCUT2D eigenvalue weighted by molar-refractivity contribution is 0.588. The third-order valence-electron chi connectivity index (χ3n) is 3.69. The van der Waals surface area contributed by atoms with Crippen molar-refractivity contribution in [2.24, 2.45) is 0 Å². The van der Waals surface area contributed by atoms with Gasteiger partial charge in [0.25, 0.3) is 0 Å². The largest absolute Gasteiger partial charge is 0.316 e. The van der Waals surface area contributed by atoms with E-state index in [9.17, 15) is 4.39 Å². The molecule has 2 rings (SSSR count). The Hall–Kier alpha value is -1.38. The normalized spacial score (nSPS) is 12.4. The highest BCUT2D eigenvalue weighted by Gasteiger charge is 2.15. The highest BCUT2D eigenvalue weighted by molar-refractivity contribution is 6.31. The van der Waals surface area contributed by atoms with Gasteiger partial charge in [0, 0.05) is 12.5 Å². The van der Waals surface area contributed by atoms with Crippen molar-refractivity contribution in [1.29, 1.82) is 0 Å². The van der Waals surface area contributed by atoms with Crippen LogP contribution in [0.2, 0.25) is 5.02 Å². The molecule has 3 heteroatoms. The second kappa shape index (κ2) is 7.58. The lowest BCUT2D eigenvalue weighted by Crippen LogP contribution is -2.22. The van der Waals surface area contributed by atoms with Gasteiger partial charge in [-0.15, -0.1) is 0 Å². The van der Waals surface area contributed by atoms with E-state index in [0.717, 1.165) is 25.1 Å². The van der Waals surface area contributed by atoms with Gasteiger partial charge in [-0.1, -0.05) is 60.5 Å². The van der Waals surface area contributed by atoms with Crippen LogP contribution in [0.4, 0.5) is 4.39 Å². The summed E-state index contributed by atoms with van der Waals surface area (Å²) in [6.07, 6.45) is 0.729. The molecule has 0 saturated carbocycles. The second-order valence-electron chi connectivity index (χ2n) is 5.33. The van der Waals surface area contributed by atoms with Gasteiger partial charge >= 0.3 is 0 Å². The molecule has 0 saturated heterocycles. The number of likely N-dealkylation sites (N-methyl/N-ethyl adjacent to an activating group) is 1. The fourth-order valence-corrected chi connectivity index (χ4v) is 2.64.